The average molecular weight is 531 g/mol. The van der Waals surface area contributed by atoms with E-state index < -0.39 is 35.8 Å². The van der Waals surface area contributed by atoms with Gasteiger partial charge in [0, 0.05) is 32.6 Å². The van der Waals surface area contributed by atoms with Crippen LogP contribution in [0.25, 0.3) is 0 Å². The number of carbonyl (C=O) groups excluding carboxylic acids is 5. The Morgan fingerprint density at radius 2 is 1.63 bits per heavy atom. The molecule has 198 valence electrons. The van der Waals surface area contributed by atoms with E-state index in [1.807, 2.05) is 12.5 Å². The van der Waals surface area contributed by atoms with Gasteiger partial charge in [0.15, 0.2) is 0 Å². The van der Waals surface area contributed by atoms with Gasteiger partial charge >= 0.3 is 0 Å². The number of hydrogen-bond donors (Lipinski definition) is 3. The van der Waals surface area contributed by atoms with E-state index in [2.05, 4.69) is 5.32 Å². The van der Waals surface area contributed by atoms with Crippen molar-refractivity contribution in [3.05, 3.63) is 0 Å². The van der Waals surface area contributed by atoms with Gasteiger partial charge in [-0.1, -0.05) is 0 Å². The zero-order chi connectivity index (χ0) is 26.1. The molecule has 0 aromatic carbocycles. The van der Waals surface area contributed by atoms with Crippen LogP contribution in [-0.4, -0.2) is 119 Å². The molecular formula is C22H38N6O5S2. The van der Waals surface area contributed by atoms with Crippen molar-refractivity contribution in [2.45, 2.75) is 56.8 Å². The van der Waals surface area contributed by atoms with Gasteiger partial charge in [0.1, 0.15) is 18.1 Å². The van der Waals surface area contributed by atoms with Crippen molar-refractivity contribution < 1.29 is 24.0 Å². The predicted molar refractivity (Wildman–Crippen MR) is 138 cm³/mol. The Labute approximate surface area is 215 Å². The summed E-state index contributed by atoms with van der Waals surface area (Å²) in [5, 5.41) is 3.26. The quantitative estimate of drug-likeness (QED) is 0.269. The first kappa shape index (κ1) is 29.2. The fraction of sp³-hybridized carbons (Fsp3) is 0.773. The minimum atomic E-state index is -0.964. The Balaban J connectivity index is 2.19. The number of amides is 5. The van der Waals surface area contributed by atoms with E-state index in [0.29, 0.717) is 31.7 Å². The number of thioether (sulfide) groups is 2. The second-order valence-electron chi connectivity index (χ2n) is 8.78. The molecule has 4 atom stereocenters. The third-order valence-corrected chi connectivity index (χ3v) is 7.82. The first-order valence-corrected chi connectivity index (χ1v) is 14.6. The van der Waals surface area contributed by atoms with E-state index in [-0.39, 0.29) is 43.8 Å². The molecule has 2 heterocycles. The Morgan fingerprint density at radius 3 is 2.23 bits per heavy atom. The highest BCUT2D eigenvalue weighted by atomic mass is 32.2. The molecule has 0 saturated carbocycles. The molecule has 2 saturated heterocycles. The lowest BCUT2D eigenvalue weighted by molar-refractivity contribution is -0.159. The largest absolute Gasteiger partial charge is 0.370 e. The number of piperazine rings is 2. The maximum atomic E-state index is 13.7. The van der Waals surface area contributed by atoms with Crippen LogP contribution < -0.4 is 16.8 Å². The second kappa shape index (κ2) is 13.9. The van der Waals surface area contributed by atoms with Crippen molar-refractivity contribution in [2.75, 3.05) is 50.2 Å². The van der Waals surface area contributed by atoms with E-state index in [4.69, 9.17) is 11.5 Å². The van der Waals surface area contributed by atoms with Crippen LogP contribution in [0.5, 0.6) is 0 Å². The highest BCUT2D eigenvalue weighted by Crippen LogP contribution is 2.22. The molecule has 13 heteroatoms. The van der Waals surface area contributed by atoms with Crippen LogP contribution in [0.4, 0.5) is 0 Å². The summed E-state index contributed by atoms with van der Waals surface area (Å²) < 4.78 is 0. The molecule has 11 nitrogen and oxygen atoms in total. The van der Waals surface area contributed by atoms with Crippen molar-refractivity contribution in [3.8, 4) is 0 Å². The summed E-state index contributed by atoms with van der Waals surface area (Å²) in [5.74, 6) is -0.515. The molecular weight excluding hydrogens is 492 g/mol. The monoisotopic (exact) mass is 530 g/mol. The van der Waals surface area contributed by atoms with E-state index in [9.17, 15) is 24.0 Å². The number of rotatable bonds is 13. The number of carbonyl (C=O) groups is 5. The predicted octanol–water partition coefficient (Wildman–Crippen LogP) is -1.16. The van der Waals surface area contributed by atoms with E-state index >= 15 is 0 Å². The van der Waals surface area contributed by atoms with Gasteiger partial charge in [-0.15, -0.1) is 0 Å². The van der Waals surface area contributed by atoms with Crippen molar-refractivity contribution in [3.63, 3.8) is 0 Å². The molecule has 2 aliphatic heterocycles. The summed E-state index contributed by atoms with van der Waals surface area (Å²) in [4.78, 5) is 67.8. The van der Waals surface area contributed by atoms with Gasteiger partial charge < -0.3 is 31.5 Å². The molecule has 0 radical (unpaired) electrons. The van der Waals surface area contributed by atoms with Crippen molar-refractivity contribution in [1.82, 2.24) is 20.0 Å². The maximum absolute atomic E-state index is 13.7. The summed E-state index contributed by atoms with van der Waals surface area (Å²) in [6, 6.07) is -2.77. The highest BCUT2D eigenvalue weighted by molar-refractivity contribution is 7.98. The van der Waals surface area contributed by atoms with Crippen LogP contribution in [0.3, 0.4) is 0 Å². The summed E-state index contributed by atoms with van der Waals surface area (Å²) in [6.07, 6.45) is 5.08. The minimum absolute atomic E-state index is 0.0418. The molecule has 2 aliphatic rings. The normalized spacial score (nSPS) is 22.8. The van der Waals surface area contributed by atoms with Crippen LogP contribution >= 0.6 is 23.5 Å². The summed E-state index contributed by atoms with van der Waals surface area (Å²) in [5.41, 5.74) is 10.7. The van der Waals surface area contributed by atoms with Crippen LogP contribution in [0, 0.1) is 0 Å². The molecule has 0 spiro atoms. The summed E-state index contributed by atoms with van der Waals surface area (Å²) >= 11 is 3.27. The van der Waals surface area contributed by atoms with Gasteiger partial charge in [-0.2, -0.15) is 23.5 Å². The lowest BCUT2D eigenvalue weighted by Gasteiger charge is -2.45. The molecule has 5 amide bonds. The van der Waals surface area contributed by atoms with Gasteiger partial charge in [-0.25, -0.2) is 0 Å². The van der Waals surface area contributed by atoms with Crippen LogP contribution in [0.1, 0.15) is 32.6 Å². The third kappa shape index (κ3) is 7.50. The Hall–Kier alpha value is -1.99. The first-order valence-electron chi connectivity index (χ1n) is 11.8. The van der Waals surface area contributed by atoms with Crippen molar-refractivity contribution >= 4 is 53.1 Å². The van der Waals surface area contributed by atoms with Crippen LogP contribution in [0.2, 0.25) is 0 Å². The minimum Gasteiger partial charge on any atom is -0.370 e. The van der Waals surface area contributed by atoms with Crippen molar-refractivity contribution in [2.24, 2.45) is 11.5 Å². The molecule has 0 aromatic rings. The average Bonchev–Trinajstić information content (AvgIpc) is 2.81. The van der Waals surface area contributed by atoms with Crippen molar-refractivity contribution in [1.29, 1.82) is 0 Å². The van der Waals surface area contributed by atoms with Gasteiger partial charge in [-0.3, -0.25) is 24.0 Å². The number of hydrogen-bond acceptors (Lipinski definition) is 8. The standard InChI is InChI=1S/C22H38N6O5S2/c1-14-20(31)28(16(19(24)30)4-5-18(23)29)11-10-26(14)22(33)17(7-13-35-3)27-9-8-25-15(21(27)32)6-12-34-2/h14-17,25H,4-13H2,1-3H3,(H2,23,29)(H2,24,30). The number of nitrogens with zero attached hydrogens (tertiary/aromatic N) is 3. The lowest BCUT2D eigenvalue weighted by Crippen LogP contribution is -2.66. The van der Waals surface area contributed by atoms with Gasteiger partial charge in [0.25, 0.3) is 0 Å². The van der Waals surface area contributed by atoms with Gasteiger partial charge in [0.2, 0.25) is 29.5 Å². The van der Waals surface area contributed by atoms with Crippen LogP contribution in [0.15, 0.2) is 0 Å². The second-order valence-corrected chi connectivity index (χ2v) is 10.8. The van der Waals surface area contributed by atoms with E-state index in [0.717, 1.165) is 5.75 Å². The zero-order valence-corrected chi connectivity index (χ0v) is 22.4. The number of nitrogens with two attached hydrogens (primary N) is 2. The SMILES string of the molecule is CSCCC1NCCN(C(CCSC)C(=O)N2CCN(C(CCC(N)=O)C(N)=O)C(=O)C2C)C1=O. The van der Waals surface area contributed by atoms with E-state index in [1.54, 1.807) is 35.3 Å². The van der Waals surface area contributed by atoms with Gasteiger partial charge in [-0.05, 0) is 50.2 Å². The fourth-order valence-corrected chi connectivity index (χ4v) is 5.53. The first-order chi connectivity index (χ1) is 16.6. The van der Waals surface area contributed by atoms with Crippen LogP contribution in [-0.2, 0) is 24.0 Å². The molecule has 5 N–H and O–H groups in total. The van der Waals surface area contributed by atoms with Gasteiger partial charge in [0.05, 0.1) is 6.04 Å². The molecule has 4 unspecified atom stereocenters. The smallest absolute Gasteiger partial charge is 0.246 e. The zero-order valence-electron chi connectivity index (χ0n) is 20.7. The number of nitrogens with one attached hydrogen (secondary N) is 1. The Morgan fingerprint density at radius 1 is 0.971 bits per heavy atom. The topological polar surface area (TPSA) is 159 Å². The molecule has 2 fully saturated rings. The Bertz CT molecular complexity index is 800. The molecule has 0 aromatic heterocycles. The summed E-state index contributed by atoms with van der Waals surface area (Å²) in [6.45, 7) is 2.97. The Kier molecular flexibility index (Phi) is 11.6. The highest BCUT2D eigenvalue weighted by Gasteiger charge is 2.43. The molecule has 2 rings (SSSR count). The molecule has 0 bridgehead atoms. The summed E-state index contributed by atoms with van der Waals surface area (Å²) in [7, 11) is 0. The molecule has 35 heavy (non-hydrogen) atoms. The lowest BCUT2D eigenvalue weighted by atomic mass is 10.0. The fourth-order valence-electron chi connectivity index (χ4n) is 4.59. The maximum Gasteiger partial charge on any atom is 0.246 e. The number of primary amides is 2. The third-order valence-electron chi connectivity index (χ3n) is 6.53. The molecule has 0 aliphatic carbocycles. The van der Waals surface area contributed by atoms with E-state index in [1.165, 1.54) is 9.80 Å².